The molecule has 1 aliphatic rings. The summed E-state index contributed by atoms with van der Waals surface area (Å²) in [6.45, 7) is 6.53. The molecule has 0 aromatic heterocycles. The average Bonchev–Trinajstić information content (AvgIpc) is 2.53. The molecule has 0 N–H and O–H groups in total. The molecule has 1 fully saturated rings. The van der Waals surface area contributed by atoms with E-state index in [9.17, 15) is 12.8 Å². The van der Waals surface area contributed by atoms with E-state index >= 15 is 0 Å². The van der Waals surface area contributed by atoms with Gasteiger partial charge in [0.15, 0.2) is 0 Å². The first-order valence-electron chi connectivity index (χ1n) is 8.26. The van der Waals surface area contributed by atoms with Crippen molar-refractivity contribution < 1.29 is 12.8 Å². The maximum atomic E-state index is 13.0. The van der Waals surface area contributed by atoms with Gasteiger partial charge < -0.3 is 4.90 Å². The molecule has 138 valence electrons. The van der Waals surface area contributed by atoms with E-state index in [4.69, 9.17) is 0 Å². The van der Waals surface area contributed by atoms with Gasteiger partial charge >= 0.3 is 0 Å². The Morgan fingerprint density at radius 3 is 2.25 bits per heavy atom. The number of halogens is 2. The van der Waals surface area contributed by atoms with Crippen LogP contribution in [0.4, 0.5) is 4.39 Å². The minimum absolute atomic E-state index is 0. The van der Waals surface area contributed by atoms with E-state index in [0.717, 1.165) is 25.8 Å². The van der Waals surface area contributed by atoms with Gasteiger partial charge in [0.2, 0.25) is 10.0 Å². The van der Waals surface area contributed by atoms with Gasteiger partial charge in [0.05, 0.1) is 4.90 Å². The van der Waals surface area contributed by atoms with Crippen LogP contribution in [-0.4, -0.2) is 50.3 Å². The van der Waals surface area contributed by atoms with E-state index in [1.54, 1.807) is 0 Å². The van der Waals surface area contributed by atoms with Gasteiger partial charge in [-0.05, 0) is 63.0 Å². The van der Waals surface area contributed by atoms with Gasteiger partial charge in [-0.15, -0.1) is 12.4 Å². The normalized spacial score (nSPS) is 17.2. The third-order valence-corrected chi connectivity index (χ3v) is 6.47. The Labute approximate surface area is 151 Å². The third kappa shape index (κ3) is 5.41. The summed E-state index contributed by atoms with van der Waals surface area (Å²) in [7, 11) is -1.38. The van der Waals surface area contributed by atoms with Crippen molar-refractivity contribution >= 4 is 22.4 Å². The first-order chi connectivity index (χ1) is 10.8. The number of nitrogens with zero attached hydrogens (tertiary/aromatic N) is 2. The van der Waals surface area contributed by atoms with Gasteiger partial charge in [0.1, 0.15) is 5.82 Å². The Kier molecular flexibility index (Phi) is 8.12. The lowest BCUT2D eigenvalue weighted by Crippen LogP contribution is -2.45. The van der Waals surface area contributed by atoms with E-state index in [1.165, 1.54) is 28.6 Å². The summed E-state index contributed by atoms with van der Waals surface area (Å²) in [4.78, 5) is 2.52. The number of sulfonamides is 1. The number of rotatable bonds is 6. The molecular weight excluding hydrogens is 351 g/mol. The highest BCUT2D eigenvalue weighted by Crippen LogP contribution is 2.23. The topological polar surface area (TPSA) is 40.6 Å². The lowest BCUT2D eigenvalue weighted by atomic mass is 10.0. The zero-order valence-corrected chi connectivity index (χ0v) is 16.2. The van der Waals surface area contributed by atoms with Gasteiger partial charge in [-0.1, -0.05) is 13.8 Å². The van der Waals surface area contributed by atoms with Crippen molar-refractivity contribution in [1.29, 1.82) is 0 Å². The fourth-order valence-corrected chi connectivity index (χ4v) is 4.39. The smallest absolute Gasteiger partial charge is 0.243 e. The zero-order valence-electron chi connectivity index (χ0n) is 14.6. The number of benzene rings is 1. The Morgan fingerprint density at radius 1 is 1.21 bits per heavy atom. The minimum Gasteiger partial charge on any atom is -0.303 e. The lowest BCUT2D eigenvalue weighted by Gasteiger charge is -2.36. The van der Waals surface area contributed by atoms with Crippen molar-refractivity contribution in [3.63, 3.8) is 0 Å². The average molecular weight is 379 g/mol. The molecule has 0 atom stereocenters. The van der Waals surface area contributed by atoms with Crippen LogP contribution in [0.1, 0.15) is 33.1 Å². The third-order valence-electron chi connectivity index (χ3n) is 4.56. The second-order valence-electron chi connectivity index (χ2n) is 6.75. The Morgan fingerprint density at radius 2 is 1.75 bits per heavy atom. The molecule has 0 aliphatic carbocycles. The quantitative estimate of drug-likeness (QED) is 0.761. The molecule has 0 spiro atoms. The van der Waals surface area contributed by atoms with Crippen molar-refractivity contribution in [2.45, 2.75) is 44.0 Å². The fraction of sp³-hybridized carbons (Fsp3) is 0.647. The van der Waals surface area contributed by atoms with Crippen molar-refractivity contribution in [1.82, 2.24) is 9.21 Å². The zero-order chi connectivity index (χ0) is 17.0. The van der Waals surface area contributed by atoms with Crippen LogP contribution in [0.2, 0.25) is 0 Å². The molecule has 0 bridgehead atoms. The molecule has 1 heterocycles. The Balaban J connectivity index is 0.00000288. The summed E-state index contributed by atoms with van der Waals surface area (Å²) in [6.07, 6.45) is 2.84. The van der Waals surface area contributed by atoms with E-state index in [0.29, 0.717) is 25.0 Å². The van der Waals surface area contributed by atoms with E-state index in [2.05, 4.69) is 25.8 Å². The van der Waals surface area contributed by atoms with Crippen LogP contribution in [0, 0.1) is 11.7 Å². The van der Waals surface area contributed by atoms with Crippen LogP contribution >= 0.6 is 12.4 Å². The monoisotopic (exact) mass is 378 g/mol. The Bertz CT molecular complexity index is 600. The SMILES string of the molecule is CC(C)CCN(C)C1CCN(S(=O)(=O)c2ccc(F)cc2)CC1.Cl. The molecule has 4 nitrogen and oxygen atoms in total. The van der Waals surface area contributed by atoms with Gasteiger partial charge in [0, 0.05) is 19.1 Å². The van der Waals surface area contributed by atoms with Crippen LogP contribution in [0.3, 0.4) is 0 Å². The highest BCUT2D eigenvalue weighted by molar-refractivity contribution is 7.89. The summed E-state index contributed by atoms with van der Waals surface area (Å²) >= 11 is 0. The first kappa shape index (κ1) is 21.4. The molecule has 0 saturated carbocycles. The second-order valence-corrected chi connectivity index (χ2v) is 8.69. The van der Waals surface area contributed by atoms with Gasteiger partial charge in [-0.25, -0.2) is 12.8 Å². The summed E-state index contributed by atoms with van der Waals surface area (Å²) in [5, 5.41) is 0. The standard InChI is InChI=1S/C17H27FN2O2S.ClH/c1-14(2)8-11-19(3)16-9-12-20(13-10-16)23(21,22)17-6-4-15(18)5-7-17;/h4-7,14,16H,8-13H2,1-3H3;1H. The predicted octanol–water partition coefficient (Wildman–Crippen LogP) is 3.38. The first-order valence-corrected chi connectivity index (χ1v) is 9.70. The van der Waals surface area contributed by atoms with Gasteiger partial charge in [0.25, 0.3) is 0 Å². The van der Waals surface area contributed by atoms with Crippen LogP contribution < -0.4 is 0 Å². The van der Waals surface area contributed by atoms with Crippen LogP contribution in [-0.2, 0) is 10.0 Å². The maximum Gasteiger partial charge on any atom is 0.243 e. The summed E-state index contributed by atoms with van der Waals surface area (Å²) in [5.41, 5.74) is 0. The molecule has 1 aromatic rings. The summed E-state index contributed by atoms with van der Waals surface area (Å²) in [6, 6.07) is 5.50. The van der Waals surface area contributed by atoms with Crippen LogP contribution in [0.5, 0.6) is 0 Å². The lowest BCUT2D eigenvalue weighted by molar-refractivity contribution is 0.162. The number of piperidine rings is 1. The maximum absolute atomic E-state index is 13.0. The molecule has 1 aromatic carbocycles. The molecule has 1 aliphatic heterocycles. The van der Waals surface area contributed by atoms with E-state index < -0.39 is 15.8 Å². The molecule has 24 heavy (non-hydrogen) atoms. The van der Waals surface area contributed by atoms with Gasteiger partial charge in [-0.2, -0.15) is 4.31 Å². The summed E-state index contributed by atoms with van der Waals surface area (Å²) < 4.78 is 39.7. The predicted molar refractivity (Wildman–Crippen MR) is 97.5 cm³/mol. The highest BCUT2D eigenvalue weighted by Gasteiger charge is 2.30. The molecule has 2 rings (SSSR count). The largest absolute Gasteiger partial charge is 0.303 e. The van der Waals surface area contributed by atoms with Crippen molar-refractivity contribution in [3.8, 4) is 0 Å². The van der Waals surface area contributed by atoms with E-state index in [1.807, 2.05) is 0 Å². The number of hydrogen-bond acceptors (Lipinski definition) is 3. The molecule has 0 unspecified atom stereocenters. The molecule has 0 amide bonds. The summed E-state index contributed by atoms with van der Waals surface area (Å²) in [5.74, 6) is 0.255. The highest BCUT2D eigenvalue weighted by atomic mass is 35.5. The molecular formula is C17H28ClFN2O2S. The Hall–Kier alpha value is -0.690. The molecule has 1 saturated heterocycles. The second kappa shape index (κ2) is 9.13. The van der Waals surface area contributed by atoms with Crippen molar-refractivity contribution in [3.05, 3.63) is 30.1 Å². The van der Waals surface area contributed by atoms with Crippen LogP contribution in [0.25, 0.3) is 0 Å². The van der Waals surface area contributed by atoms with Gasteiger partial charge in [-0.3, -0.25) is 0 Å². The van der Waals surface area contributed by atoms with Crippen LogP contribution in [0.15, 0.2) is 29.2 Å². The fourth-order valence-electron chi connectivity index (χ4n) is 2.92. The van der Waals surface area contributed by atoms with Crippen molar-refractivity contribution in [2.75, 3.05) is 26.7 Å². The molecule has 0 radical (unpaired) electrons. The van der Waals surface area contributed by atoms with E-state index in [-0.39, 0.29) is 17.3 Å². The number of hydrogen-bond donors (Lipinski definition) is 0. The molecule has 7 heteroatoms. The van der Waals surface area contributed by atoms with Crippen molar-refractivity contribution in [2.24, 2.45) is 5.92 Å². The minimum atomic E-state index is -3.51.